The average Bonchev–Trinajstić information content (AvgIpc) is 3.00. The number of rotatable bonds is 10. The van der Waals surface area contributed by atoms with Crippen LogP contribution in [0.15, 0.2) is 97.1 Å². The van der Waals surface area contributed by atoms with Crippen LogP contribution in [-0.4, -0.2) is 40.1 Å². The summed E-state index contributed by atoms with van der Waals surface area (Å²) >= 11 is 0. The van der Waals surface area contributed by atoms with Gasteiger partial charge in [-0.25, -0.2) is 4.79 Å². The molecule has 9 nitrogen and oxygen atoms in total. The lowest BCUT2D eigenvalue weighted by atomic mass is 9.92. The molecule has 4 aromatic rings. The number of aromatic hydroxyl groups is 1. The molecule has 1 saturated carbocycles. The van der Waals surface area contributed by atoms with E-state index in [1.165, 1.54) is 18.2 Å². The summed E-state index contributed by atoms with van der Waals surface area (Å²) in [5.41, 5.74) is 1.58. The minimum atomic E-state index is -1.10. The first-order valence-electron chi connectivity index (χ1n) is 14.1. The minimum absolute atomic E-state index is 0.0385. The maximum absolute atomic E-state index is 12.5. The van der Waals surface area contributed by atoms with Crippen LogP contribution >= 0.6 is 0 Å². The zero-order valence-electron chi connectivity index (χ0n) is 23.4. The van der Waals surface area contributed by atoms with E-state index < -0.39 is 5.97 Å². The summed E-state index contributed by atoms with van der Waals surface area (Å²) in [4.78, 5) is 36.3. The van der Waals surface area contributed by atoms with Crippen LogP contribution in [0, 0.1) is 0 Å². The van der Waals surface area contributed by atoms with Gasteiger partial charge in [-0.3, -0.25) is 9.59 Å². The minimum Gasteiger partial charge on any atom is -0.508 e. The second kappa shape index (κ2) is 13.6. The lowest BCUT2D eigenvalue weighted by Gasteiger charge is -2.29. The van der Waals surface area contributed by atoms with Gasteiger partial charge in [0.15, 0.2) is 0 Å². The molecule has 1 aliphatic rings. The van der Waals surface area contributed by atoms with Gasteiger partial charge in [-0.1, -0.05) is 24.3 Å². The van der Waals surface area contributed by atoms with Crippen molar-refractivity contribution in [1.29, 1.82) is 0 Å². The van der Waals surface area contributed by atoms with Crippen molar-refractivity contribution in [3.05, 3.63) is 114 Å². The fourth-order valence-electron chi connectivity index (χ4n) is 4.96. The Morgan fingerprint density at radius 1 is 0.744 bits per heavy atom. The second-order valence-electron chi connectivity index (χ2n) is 10.4. The van der Waals surface area contributed by atoms with Gasteiger partial charge in [-0.15, -0.1) is 0 Å². The van der Waals surface area contributed by atoms with E-state index in [0.29, 0.717) is 17.1 Å². The van der Waals surface area contributed by atoms with E-state index >= 15 is 0 Å². The number of ether oxygens (including phenoxy) is 2. The van der Waals surface area contributed by atoms with E-state index in [1.54, 1.807) is 54.6 Å². The predicted octanol–water partition coefficient (Wildman–Crippen LogP) is 6.18. The van der Waals surface area contributed by atoms with E-state index in [0.717, 1.165) is 37.0 Å². The zero-order valence-corrected chi connectivity index (χ0v) is 23.4. The van der Waals surface area contributed by atoms with E-state index in [4.69, 9.17) is 9.47 Å². The Morgan fingerprint density at radius 3 is 2.00 bits per heavy atom. The number of phenolic OH excluding ortho intramolecular Hbond substituents is 1. The largest absolute Gasteiger partial charge is 0.508 e. The molecule has 0 saturated heterocycles. The van der Waals surface area contributed by atoms with Crippen LogP contribution in [0.1, 0.15) is 52.0 Å². The Kier molecular flexibility index (Phi) is 9.21. The van der Waals surface area contributed by atoms with Crippen molar-refractivity contribution in [2.45, 2.75) is 44.2 Å². The van der Waals surface area contributed by atoms with Crippen molar-refractivity contribution in [2.75, 3.05) is 5.32 Å². The molecule has 5 rings (SSSR count). The molecule has 0 bridgehead atoms. The number of hydrogen-bond donors (Lipinski definition) is 4. The van der Waals surface area contributed by atoms with E-state index in [-0.39, 0.29) is 47.4 Å². The Hall–Kier alpha value is -5.31. The first-order chi connectivity index (χ1) is 20.8. The van der Waals surface area contributed by atoms with Gasteiger partial charge in [0.05, 0.1) is 23.8 Å². The molecule has 0 unspecified atom stereocenters. The zero-order chi connectivity index (χ0) is 30.2. The number of carboxylic acid groups (broad SMARTS) is 1. The first kappa shape index (κ1) is 29.2. The van der Waals surface area contributed by atoms with Crippen molar-refractivity contribution >= 4 is 23.5 Å². The highest BCUT2D eigenvalue weighted by molar-refractivity contribution is 6.01. The molecule has 4 aromatic carbocycles. The van der Waals surface area contributed by atoms with Crippen LogP contribution in [0.25, 0.3) is 0 Å². The number of anilines is 1. The number of carbonyl (C=O) groups is 3. The van der Waals surface area contributed by atoms with Crippen LogP contribution in [0.4, 0.5) is 5.69 Å². The van der Waals surface area contributed by atoms with Crippen molar-refractivity contribution < 1.29 is 34.1 Å². The van der Waals surface area contributed by atoms with Crippen LogP contribution in [-0.2, 0) is 11.2 Å². The highest BCUT2D eigenvalue weighted by Gasteiger charge is 2.24. The van der Waals surface area contributed by atoms with Gasteiger partial charge in [-0.2, -0.15) is 0 Å². The van der Waals surface area contributed by atoms with E-state index in [2.05, 4.69) is 10.6 Å². The predicted molar refractivity (Wildman–Crippen MR) is 161 cm³/mol. The number of para-hydroxylation sites is 1. The third kappa shape index (κ3) is 8.13. The lowest BCUT2D eigenvalue weighted by Crippen LogP contribution is -2.39. The topological polar surface area (TPSA) is 134 Å². The highest BCUT2D eigenvalue weighted by atomic mass is 16.5. The molecule has 0 spiro atoms. The average molecular weight is 581 g/mol. The van der Waals surface area contributed by atoms with Gasteiger partial charge >= 0.3 is 5.97 Å². The molecular weight excluding hydrogens is 548 g/mol. The molecular formula is C34H32N2O7. The van der Waals surface area contributed by atoms with Gasteiger partial charge in [-0.05, 0) is 104 Å². The SMILES string of the molecule is O=C(Cc1ccc(Oc2ccc(OC3CCC(NC(=O)c4ccc(O)cc4)CC3)cc2)cc1)Nc1ccccc1C(=O)O. The number of aromatic carboxylic acids is 1. The van der Waals surface area contributed by atoms with Crippen molar-refractivity contribution in [3.8, 4) is 23.0 Å². The summed E-state index contributed by atoms with van der Waals surface area (Å²) in [5, 5.41) is 24.4. The molecule has 0 radical (unpaired) electrons. The molecule has 43 heavy (non-hydrogen) atoms. The standard InChI is InChI=1S/C34H32N2O7/c37-25-11-7-23(8-12-25)33(39)35-24-9-15-27(16-10-24)43-29-19-17-28(18-20-29)42-26-13-5-22(6-14-26)21-32(38)36-31-4-2-1-3-30(31)34(40)41/h1-8,11-14,17-20,24,27,37H,9-10,15-16,21H2,(H,35,39)(H,36,38)(H,40,41). The summed E-state index contributed by atoms with van der Waals surface area (Å²) in [6, 6.07) is 27.1. The lowest BCUT2D eigenvalue weighted by molar-refractivity contribution is -0.115. The van der Waals surface area contributed by atoms with Crippen LogP contribution in [0.5, 0.6) is 23.0 Å². The number of carbonyl (C=O) groups excluding carboxylic acids is 2. The molecule has 1 fully saturated rings. The monoisotopic (exact) mass is 580 g/mol. The van der Waals surface area contributed by atoms with Gasteiger partial charge < -0.3 is 30.3 Å². The molecule has 0 aromatic heterocycles. The number of nitrogens with one attached hydrogen (secondary N) is 2. The van der Waals surface area contributed by atoms with Crippen molar-refractivity contribution in [1.82, 2.24) is 5.32 Å². The number of phenols is 1. The van der Waals surface area contributed by atoms with E-state index in [1.807, 2.05) is 24.3 Å². The van der Waals surface area contributed by atoms with Crippen LogP contribution in [0.3, 0.4) is 0 Å². The van der Waals surface area contributed by atoms with Gasteiger partial charge in [0.2, 0.25) is 5.91 Å². The van der Waals surface area contributed by atoms with Gasteiger partial charge in [0, 0.05) is 11.6 Å². The Morgan fingerprint density at radius 2 is 1.35 bits per heavy atom. The first-order valence-corrected chi connectivity index (χ1v) is 14.1. The Labute approximate surface area is 249 Å². The van der Waals surface area contributed by atoms with Gasteiger partial charge in [0.25, 0.3) is 5.91 Å². The smallest absolute Gasteiger partial charge is 0.337 e. The van der Waals surface area contributed by atoms with Crippen molar-refractivity contribution in [3.63, 3.8) is 0 Å². The normalized spacial score (nSPS) is 16.1. The fraction of sp³-hybridized carbons (Fsp3) is 0.206. The van der Waals surface area contributed by atoms with Crippen molar-refractivity contribution in [2.24, 2.45) is 0 Å². The Bertz CT molecular complexity index is 1560. The van der Waals surface area contributed by atoms with E-state index in [9.17, 15) is 24.6 Å². The molecule has 9 heteroatoms. The van der Waals surface area contributed by atoms with Crippen LogP contribution < -0.4 is 20.1 Å². The summed E-state index contributed by atoms with van der Waals surface area (Å²) in [6.45, 7) is 0. The number of amides is 2. The summed E-state index contributed by atoms with van der Waals surface area (Å²) < 4.78 is 12.1. The molecule has 4 N–H and O–H groups in total. The summed E-state index contributed by atoms with van der Waals surface area (Å²) in [6.07, 6.45) is 3.46. The molecule has 2 amide bonds. The third-order valence-electron chi connectivity index (χ3n) is 7.22. The highest BCUT2D eigenvalue weighted by Crippen LogP contribution is 2.28. The summed E-state index contributed by atoms with van der Waals surface area (Å²) in [5.74, 6) is 0.575. The van der Waals surface area contributed by atoms with Gasteiger partial charge in [0.1, 0.15) is 23.0 Å². The molecule has 0 aliphatic heterocycles. The quantitative estimate of drug-likeness (QED) is 0.176. The van der Waals surface area contributed by atoms with Crippen LogP contribution in [0.2, 0.25) is 0 Å². The maximum atomic E-state index is 12.5. The summed E-state index contributed by atoms with van der Waals surface area (Å²) in [7, 11) is 0. The molecule has 0 atom stereocenters. The second-order valence-corrected chi connectivity index (χ2v) is 10.4. The Balaban J connectivity index is 1.06. The number of carboxylic acids is 1. The molecule has 0 heterocycles. The number of benzene rings is 4. The third-order valence-corrected chi connectivity index (χ3v) is 7.22. The molecule has 220 valence electrons. The fourth-order valence-corrected chi connectivity index (χ4v) is 4.96. The maximum Gasteiger partial charge on any atom is 0.337 e. The molecule has 1 aliphatic carbocycles. The number of hydrogen-bond acceptors (Lipinski definition) is 6.